The normalized spacial score (nSPS) is 14.7. The molecule has 1 aliphatic carbocycles. The molecule has 0 bridgehead atoms. The zero-order chi connectivity index (χ0) is 22.8. The number of thiophene rings is 2. The summed E-state index contributed by atoms with van der Waals surface area (Å²) in [5.41, 5.74) is 1.15. The Kier molecular flexibility index (Phi) is 6.84. The van der Waals surface area contributed by atoms with E-state index in [1.807, 2.05) is 10.6 Å². The summed E-state index contributed by atoms with van der Waals surface area (Å²) in [6.07, 6.45) is 11.2. The van der Waals surface area contributed by atoms with E-state index in [0.717, 1.165) is 70.7 Å². The maximum absolute atomic E-state index is 13.9. The molecule has 3 heterocycles. The molecule has 0 atom stereocenters. The quantitative estimate of drug-likeness (QED) is 0.278. The molecule has 1 aromatic carbocycles. The zero-order valence-corrected chi connectivity index (χ0v) is 20.9. The van der Waals surface area contributed by atoms with E-state index >= 15 is 0 Å². The van der Waals surface area contributed by atoms with Crippen LogP contribution in [-0.2, 0) is 25.8 Å². The van der Waals surface area contributed by atoms with E-state index in [9.17, 15) is 9.90 Å². The highest BCUT2D eigenvalue weighted by atomic mass is 32.1. The minimum absolute atomic E-state index is 0.0521. The van der Waals surface area contributed by atoms with Crippen LogP contribution >= 0.6 is 22.7 Å². The molecule has 33 heavy (non-hydrogen) atoms. The smallest absolute Gasteiger partial charge is 0.262 e. The van der Waals surface area contributed by atoms with Crippen molar-refractivity contribution in [2.45, 2.75) is 77.7 Å². The molecule has 0 unspecified atom stereocenters. The molecule has 0 spiro atoms. The second kappa shape index (κ2) is 9.98. The van der Waals surface area contributed by atoms with Gasteiger partial charge in [-0.1, -0.05) is 45.1 Å². The van der Waals surface area contributed by atoms with Crippen molar-refractivity contribution in [1.29, 1.82) is 0 Å². The van der Waals surface area contributed by atoms with Crippen molar-refractivity contribution in [3.05, 3.63) is 56.3 Å². The Morgan fingerprint density at radius 2 is 2.03 bits per heavy atom. The molecule has 0 saturated heterocycles. The maximum atomic E-state index is 13.9. The summed E-state index contributed by atoms with van der Waals surface area (Å²) in [4.78, 5) is 21.0. The molecular formula is C27H32N2O2S2. The first kappa shape index (κ1) is 22.6. The van der Waals surface area contributed by atoms with Gasteiger partial charge in [-0.3, -0.25) is 9.36 Å². The number of aromatic nitrogens is 2. The highest BCUT2D eigenvalue weighted by Gasteiger charge is 2.21. The molecule has 1 aliphatic rings. The monoisotopic (exact) mass is 480 g/mol. The van der Waals surface area contributed by atoms with Crippen molar-refractivity contribution in [1.82, 2.24) is 9.55 Å². The van der Waals surface area contributed by atoms with Gasteiger partial charge in [0, 0.05) is 23.2 Å². The first-order valence-corrected chi connectivity index (χ1v) is 14.0. The number of aryl methyl sites for hydroxylation is 3. The van der Waals surface area contributed by atoms with Crippen molar-refractivity contribution >= 4 is 43.0 Å². The van der Waals surface area contributed by atoms with Gasteiger partial charge in [-0.05, 0) is 60.7 Å². The number of fused-ring (bicyclic) bond motifs is 3. The van der Waals surface area contributed by atoms with Crippen LogP contribution in [0.15, 0.2) is 34.4 Å². The molecule has 1 saturated carbocycles. The van der Waals surface area contributed by atoms with Gasteiger partial charge in [0.2, 0.25) is 0 Å². The lowest BCUT2D eigenvalue weighted by Crippen LogP contribution is -2.26. The van der Waals surface area contributed by atoms with Crippen molar-refractivity contribution in [3.63, 3.8) is 0 Å². The third kappa shape index (κ3) is 4.73. The Labute approximate surface area is 202 Å². The molecule has 6 heteroatoms. The number of hydrogen-bond donors (Lipinski definition) is 1. The molecule has 1 N–H and O–H groups in total. The molecule has 5 rings (SSSR count). The van der Waals surface area contributed by atoms with Crippen LogP contribution in [0.25, 0.3) is 20.3 Å². The highest BCUT2D eigenvalue weighted by molar-refractivity contribution is 7.25. The SMILES string of the molecule is CCCCc1cc(O)c2sc3nc(CCC4CCCC4)n(CCc4cccs4)c(=O)c3c2c1. The molecule has 0 aliphatic heterocycles. The number of benzene rings is 1. The molecule has 1 fully saturated rings. The fourth-order valence-corrected chi connectivity index (χ4v) is 6.97. The summed E-state index contributed by atoms with van der Waals surface area (Å²) < 4.78 is 2.71. The molecule has 4 aromatic rings. The van der Waals surface area contributed by atoms with Gasteiger partial charge < -0.3 is 5.11 Å². The second-order valence-corrected chi connectivity index (χ2v) is 11.4. The number of nitrogens with zero attached hydrogens (tertiary/aromatic N) is 2. The van der Waals surface area contributed by atoms with Crippen LogP contribution in [0.4, 0.5) is 0 Å². The van der Waals surface area contributed by atoms with Gasteiger partial charge in [0.15, 0.2) is 0 Å². The van der Waals surface area contributed by atoms with Crippen LogP contribution in [0.3, 0.4) is 0 Å². The summed E-state index contributed by atoms with van der Waals surface area (Å²) in [5, 5.41) is 14.4. The van der Waals surface area contributed by atoms with Gasteiger partial charge in [0.05, 0.1) is 10.1 Å². The fourth-order valence-electron chi connectivity index (χ4n) is 5.20. The van der Waals surface area contributed by atoms with E-state index < -0.39 is 0 Å². The summed E-state index contributed by atoms with van der Waals surface area (Å²) in [6, 6.07) is 8.17. The maximum Gasteiger partial charge on any atom is 0.262 e. The minimum Gasteiger partial charge on any atom is -0.506 e. The van der Waals surface area contributed by atoms with E-state index in [2.05, 4.69) is 30.5 Å². The number of unbranched alkanes of at least 4 members (excludes halogenated alkanes) is 1. The lowest BCUT2D eigenvalue weighted by atomic mass is 10.0. The van der Waals surface area contributed by atoms with Gasteiger partial charge in [0.25, 0.3) is 5.56 Å². The number of phenolic OH excluding ortho intramolecular Hbond substituents is 1. The van der Waals surface area contributed by atoms with Crippen molar-refractivity contribution < 1.29 is 5.11 Å². The zero-order valence-electron chi connectivity index (χ0n) is 19.3. The molecule has 3 aromatic heterocycles. The molecule has 4 nitrogen and oxygen atoms in total. The Morgan fingerprint density at radius 1 is 1.18 bits per heavy atom. The van der Waals surface area contributed by atoms with Gasteiger partial charge in [-0.15, -0.1) is 22.7 Å². The Balaban J connectivity index is 1.59. The summed E-state index contributed by atoms with van der Waals surface area (Å²) in [6.45, 7) is 2.82. The Bertz CT molecular complexity index is 1300. The third-order valence-electron chi connectivity index (χ3n) is 7.04. The standard InChI is InChI=1S/C27H32N2O2S2/c1-2-3-7-19-16-21-24-26(33-25(21)22(30)17-19)28-23(12-11-18-8-4-5-9-18)29(27(24)31)14-13-20-10-6-15-32-20/h6,10,15-18,30H,2-5,7-9,11-14H2,1H3. The van der Waals surface area contributed by atoms with Crippen LogP contribution in [-0.4, -0.2) is 14.7 Å². The number of aromatic hydroxyl groups is 1. The van der Waals surface area contributed by atoms with E-state index in [1.165, 1.54) is 41.9 Å². The number of phenols is 1. The summed E-state index contributed by atoms with van der Waals surface area (Å²) in [5.74, 6) is 1.95. The molecule has 0 amide bonds. The van der Waals surface area contributed by atoms with E-state index in [-0.39, 0.29) is 11.3 Å². The van der Waals surface area contributed by atoms with Gasteiger partial charge in [0.1, 0.15) is 16.4 Å². The first-order valence-electron chi connectivity index (χ1n) is 12.3. The Morgan fingerprint density at radius 3 is 2.79 bits per heavy atom. The van der Waals surface area contributed by atoms with Crippen molar-refractivity contribution in [3.8, 4) is 5.75 Å². The second-order valence-electron chi connectivity index (χ2n) is 9.38. The summed E-state index contributed by atoms with van der Waals surface area (Å²) >= 11 is 3.20. The van der Waals surface area contributed by atoms with E-state index in [0.29, 0.717) is 11.9 Å². The Hall–Kier alpha value is -2.18. The summed E-state index contributed by atoms with van der Waals surface area (Å²) in [7, 11) is 0. The van der Waals surface area contributed by atoms with Gasteiger partial charge in [-0.25, -0.2) is 4.98 Å². The average molecular weight is 481 g/mol. The predicted molar refractivity (Wildman–Crippen MR) is 140 cm³/mol. The van der Waals surface area contributed by atoms with E-state index in [4.69, 9.17) is 4.98 Å². The largest absolute Gasteiger partial charge is 0.506 e. The van der Waals surface area contributed by atoms with Crippen LogP contribution in [0.1, 0.15) is 68.1 Å². The van der Waals surface area contributed by atoms with Crippen LogP contribution in [0, 0.1) is 5.92 Å². The minimum atomic E-state index is 0.0521. The molecular weight excluding hydrogens is 448 g/mol. The van der Waals surface area contributed by atoms with Crippen molar-refractivity contribution in [2.24, 2.45) is 5.92 Å². The fraction of sp³-hybridized carbons (Fsp3) is 0.481. The molecule has 0 radical (unpaired) electrons. The predicted octanol–water partition coefficient (Wildman–Crippen LogP) is 7.09. The van der Waals surface area contributed by atoms with Crippen LogP contribution in [0.5, 0.6) is 5.75 Å². The lowest BCUT2D eigenvalue weighted by Gasteiger charge is -2.14. The van der Waals surface area contributed by atoms with Crippen LogP contribution < -0.4 is 5.56 Å². The van der Waals surface area contributed by atoms with E-state index in [1.54, 1.807) is 11.3 Å². The van der Waals surface area contributed by atoms with Gasteiger partial charge in [-0.2, -0.15) is 0 Å². The third-order valence-corrected chi connectivity index (χ3v) is 9.10. The average Bonchev–Trinajstić information content (AvgIpc) is 3.57. The van der Waals surface area contributed by atoms with Crippen molar-refractivity contribution in [2.75, 3.05) is 0 Å². The number of hydrogen-bond acceptors (Lipinski definition) is 5. The lowest BCUT2D eigenvalue weighted by molar-refractivity contribution is 0.481. The number of rotatable bonds is 9. The first-order chi connectivity index (χ1) is 16.1. The molecule has 174 valence electrons. The van der Waals surface area contributed by atoms with Crippen LogP contribution in [0.2, 0.25) is 0 Å². The topological polar surface area (TPSA) is 55.1 Å². The van der Waals surface area contributed by atoms with Gasteiger partial charge >= 0.3 is 0 Å². The highest BCUT2D eigenvalue weighted by Crippen LogP contribution is 2.38.